The molecule has 2 aromatic carbocycles. The molecule has 2 saturated heterocycles. The Bertz CT molecular complexity index is 745. The molecule has 0 saturated carbocycles. The van der Waals surface area contributed by atoms with Crippen molar-refractivity contribution in [3.8, 4) is 0 Å². The first-order valence-corrected chi connectivity index (χ1v) is 10.7. The highest BCUT2D eigenvalue weighted by Gasteiger charge is 2.46. The van der Waals surface area contributed by atoms with Gasteiger partial charge in [-0.3, -0.25) is 9.80 Å². The van der Waals surface area contributed by atoms with Crippen molar-refractivity contribution in [1.82, 2.24) is 9.80 Å². The summed E-state index contributed by atoms with van der Waals surface area (Å²) < 4.78 is 24.7. The van der Waals surface area contributed by atoms with Crippen LogP contribution in [0.3, 0.4) is 0 Å². The highest BCUT2D eigenvalue weighted by Crippen LogP contribution is 2.29. The lowest BCUT2D eigenvalue weighted by Crippen LogP contribution is -2.58. The Morgan fingerprint density at radius 1 is 0.720 bits per heavy atom. The van der Waals surface area contributed by atoms with Crippen LogP contribution in [0.1, 0.15) is 11.1 Å². The molecule has 5 heteroatoms. The second-order valence-corrected chi connectivity index (χ2v) is 9.28. The van der Waals surface area contributed by atoms with E-state index in [0.717, 1.165) is 26.2 Å². The molecular formula is C20H24N2O2S. The van der Waals surface area contributed by atoms with E-state index in [1.807, 2.05) is 36.4 Å². The average Bonchev–Trinajstić information content (AvgIpc) is 2.95. The third kappa shape index (κ3) is 3.78. The Kier molecular flexibility index (Phi) is 4.63. The molecule has 2 heterocycles. The van der Waals surface area contributed by atoms with Crippen molar-refractivity contribution in [2.75, 3.05) is 24.6 Å². The lowest BCUT2D eigenvalue weighted by atomic mass is 10.0. The topological polar surface area (TPSA) is 40.6 Å². The van der Waals surface area contributed by atoms with Crippen molar-refractivity contribution in [3.63, 3.8) is 0 Å². The normalized spacial score (nSPS) is 26.4. The molecule has 0 unspecified atom stereocenters. The van der Waals surface area contributed by atoms with Gasteiger partial charge in [0.05, 0.1) is 11.5 Å². The summed E-state index contributed by atoms with van der Waals surface area (Å²) in [7, 11) is -2.96. The Hall–Kier alpha value is -1.69. The maximum absolute atomic E-state index is 12.3. The molecule has 2 aromatic rings. The largest absolute Gasteiger partial charge is 0.292 e. The molecule has 0 radical (unpaired) electrons. The van der Waals surface area contributed by atoms with E-state index in [-0.39, 0.29) is 23.6 Å². The molecule has 2 aliphatic rings. The van der Waals surface area contributed by atoms with Gasteiger partial charge in [0, 0.05) is 38.3 Å². The fourth-order valence-corrected chi connectivity index (χ4v) is 6.17. The van der Waals surface area contributed by atoms with Gasteiger partial charge in [-0.05, 0) is 11.1 Å². The molecule has 0 amide bonds. The Morgan fingerprint density at radius 3 is 1.52 bits per heavy atom. The average molecular weight is 356 g/mol. The van der Waals surface area contributed by atoms with Crippen LogP contribution in [0.2, 0.25) is 0 Å². The lowest BCUT2D eigenvalue weighted by molar-refractivity contribution is 0.0355. The van der Waals surface area contributed by atoms with E-state index < -0.39 is 9.84 Å². The molecule has 4 rings (SSSR count). The predicted octanol–water partition coefficient (Wildman–Crippen LogP) is 2.17. The molecule has 132 valence electrons. The van der Waals surface area contributed by atoms with Crippen LogP contribution in [0.5, 0.6) is 0 Å². The first kappa shape index (κ1) is 16.8. The Morgan fingerprint density at radius 2 is 1.12 bits per heavy atom. The number of piperazine rings is 1. The molecule has 0 aromatic heterocycles. The SMILES string of the molecule is O=S1(=O)C[C@H]2[C@H](C1)N(Cc1ccccc1)CCN2Cc1ccccc1. The van der Waals surface area contributed by atoms with Crippen LogP contribution in [0, 0.1) is 0 Å². The van der Waals surface area contributed by atoms with Crippen molar-refractivity contribution >= 4 is 9.84 Å². The second kappa shape index (κ2) is 6.90. The molecule has 2 fully saturated rings. The van der Waals surface area contributed by atoms with E-state index in [4.69, 9.17) is 0 Å². The van der Waals surface area contributed by atoms with Crippen LogP contribution in [-0.2, 0) is 22.9 Å². The number of nitrogens with zero attached hydrogens (tertiary/aromatic N) is 2. The molecule has 0 bridgehead atoms. The van der Waals surface area contributed by atoms with Crippen molar-refractivity contribution in [2.24, 2.45) is 0 Å². The monoisotopic (exact) mass is 356 g/mol. The van der Waals surface area contributed by atoms with Gasteiger partial charge in [-0.2, -0.15) is 0 Å². The zero-order valence-electron chi connectivity index (χ0n) is 14.3. The maximum Gasteiger partial charge on any atom is 0.153 e. The predicted molar refractivity (Wildman–Crippen MR) is 99.9 cm³/mol. The molecule has 0 N–H and O–H groups in total. The fourth-order valence-electron chi connectivity index (χ4n) is 4.13. The van der Waals surface area contributed by atoms with E-state index >= 15 is 0 Å². The third-order valence-corrected chi connectivity index (χ3v) is 7.06. The maximum atomic E-state index is 12.3. The van der Waals surface area contributed by atoms with Crippen molar-refractivity contribution in [3.05, 3.63) is 71.8 Å². The smallest absolute Gasteiger partial charge is 0.153 e. The van der Waals surface area contributed by atoms with E-state index in [0.29, 0.717) is 0 Å². The summed E-state index contributed by atoms with van der Waals surface area (Å²) in [5.41, 5.74) is 2.50. The quantitative estimate of drug-likeness (QED) is 0.842. The number of sulfone groups is 1. The Labute approximate surface area is 150 Å². The van der Waals surface area contributed by atoms with Crippen LogP contribution in [-0.4, -0.2) is 54.9 Å². The van der Waals surface area contributed by atoms with Crippen LogP contribution in [0.15, 0.2) is 60.7 Å². The number of hydrogen-bond donors (Lipinski definition) is 0. The highest BCUT2D eigenvalue weighted by atomic mass is 32.2. The summed E-state index contributed by atoms with van der Waals surface area (Å²) in [6.45, 7) is 3.49. The van der Waals surface area contributed by atoms with Gasteiger partial charge in [-0.1, -0.05) is 60.7 Å². The third-order valence-electron chi connectivity index (χ3n) is 5.36. The number of rotatable bonds is 4. The number of hydrogen-bond acceptors (Lipinski definition) is 4. The summed E-state index contributed by atoms with van der Waals surface area (Å²) in [5, 5.41) is 0. The molecule has 25 heavy (non-hydrogen) atoms. The summed E-state index contributed by atoms with van der Waals surface area (Å²) in [6, 6.07) is 20.9. The molecule has 0 spiro atoms. The fraction of sp³-hybridized carbons (Fsp3) is 0.400. The minimum absolute atomic E-state index is 0.0997. The number of benzene rings is 2. The van der Waals surface area contributed by atoms with Gasteiger partial charge in [0.15, 0.2) is 9.84 Å². The summed E-state index contributed by atoms with van der Waals surface area (Å²) in [6.07, 6.45) is 0. The van der Waals surface area contributed by atoms with Crippen LogP contribution < -0.4 is 0 Å². The highest BCUT2D eigenvalue weighted by molar-refractivity contribution is 7.91. The van der Waals surface area contributed by atoms with Gasteiger partial charge >= 0.3 is 0 Å². The zero-order valence-corrected chi connectivity index (χ0v) is 15.1. The standard InChI is InChI=1S/C20H24N2O2S/c23-25(24)15-19-20(16-25)22(14-18-9-5-2-6-10-18)12-11-21(19)13-17-7-3-1-4-8-17/h1-10,19-20H,11-16H2/t19-,20-/m0/s1. The van der Waals surface area contributed by atoms with Gasteiger partial charge < -0.3 is 0 Å². The van der Waals surface area contributed by atoms with Gasteiger partial charge in [-0.25, -0.2) is 8.42 Å². The van der Waals surface area contributed by atoms with Gasteiger partial charge in [0.2, 0.25) is 0 Å². The second-order valence-electron chi connectivity index (χ2n) is 7.12. The first-order valence-electron chi connectivity index (χ1n) is 8.87. The van der Waals surface area contributed by atoms with Crippen LogP contribution >= 0.6 is 0 Å². The summed E-state index contributed by atoms with van der Waals surface area (Å²) in [4.78, 5) is 4.73. The summed E-state index contributed by atoms with van der Waals surface area (Å²) >= 11 is 0. The molecule has 2 atom stereocenters. The number of fused-ring (bicyclic) bond motifs is 1. The van der Waals surface area contributed by atoms with Gasteiger partial charge in [0.25, 0.3) is 0 Å². The van der Waals surface area contributed by atoms with Crippen LogP contribution in [0.4, 0.5) is 0 Å². The molecule has 4 nitrogen and oxygen atoms in total. The van der Waals surface area contributed by atoms with Crippen LogP contribution in [0.25, 0.3) is 0 Å². The van der Waals surface area contributed by atoms with E-state index in [9.17, 15) is 8.42 Å². The minimum atomic E-state index is -2.96. The van der Waals surface area contributed by atoms with Crippen molar-refractivity contribution in [1.29, 1.82) is 0 Å². The zero-order chi connectivity index (χ0) is 17.3. The van der Waals surface area contributed by atoms with Gasteiger partial charge in [-0.15, -0.1) is 0 Å². The Balaban J connectivity index is 1.53. The van der Waals surface area contributed by atoms with Crippen molar-refractivity contribution < 1.29 is 8.42 Å². The summed E-state index contributed by atoms with van der Waals surface area (Å²) in [5.74, 6) is 0.575. The minimum Gasteiger partial charge on any atom is -0.292 e. The van der Waals surface area contributed by atoms with E-state index in [2.05, 4.69) is 34.1 Å². The van der Waals surface area contributed by atoms with E-state index in [1.54, 1.807) is 0 Å². The molecule has 2 aliphatic heterocycles. The van der Waals surface area contributed by atoms with Crippen molar-refractivity contribution in [2.45, 2.75) is 25.2 Å². The van der Waals surface area contributed by atoms with Gasteiger partial charge in [0.1, 0.15) is 0 Å². The first-order chi connectivity index (χ1) is 12.1. The molecule has 0 aliphatic carbocycles. The van der Waals surface area contributed by atoms with E-state index in [1.165, 1.54) is 11.1 Å². The molecular weight excluding hydrogens is 332 g/mol. The lowest BCUT2D eigenvalue weighted by Gasteiger charge is -2.44.